The van der Waals surface area contributed by atoms with Gasteiger partial charge in [0.05, 0.1) is 24.6 Å². The molecule has 0 aliphatic heterocycles. The van der Waals surface area contributed by atoms with Crippen LogP contribution in [0, 0.1) is 24.7 Å². The number of hydrogen-bond acceptors (Lipinski definition) is 3. The summed E-state index contributed by atoms with van der Waals surface area (Å²) in [6.45, 7) is 6.69. The third kappa shape index (κ3) is 4.00. The summed E-state index contributed by atoms with van der Waals surface area (Å²) in [5.74, 6) is 0.456. The number of methoxy groups -OCH3 is 1. The predicted molar refractivity (Wildman–Crippen MR) is 85.8 cm³/mol. The van der Waals surface area contributed by atoms with Crippen LogP contribution in [0.25, 0.3) is 0 Å². The Morgan fingerprint density at radius 3 is 2.59 bits per heavy atom. The largest absolute Gasteiger partial charge is 0.495 e. The molecule has 0 radical (unpaired) electrons. The lowest BCUT2D eigenvalue weighted by molar-refractivity contribution is -0.125. The van der Waals surface area contributed by atoms with Crippen LogP contribution >= 0.6 is 0 Å². The summed E-state index contributed by atoms with van der Waals surface area (Å²) < 4.78 is 5.25. The summed E-state index contributed by atoms with van der Waals surface area (Å²) in [6, 6.07) is 5.62. The van der Waals surface area contributed by atoms with Crippen molar-refractivity contribution >= 4 is 17.5 Å². The summed E-state index contributed by atoms with van der Waals surface area (Å²) in [4.78, 5) is 24.2. The highest BCUT2D eigenvalue weighted by Gasteiger charge is 2.48. The van der Waals surface area contributed by atoms with E-state index < -0.39 is 0 Å². The third-order valence-electron chi connectivity index (χ3n) is 3.76. The molecule has 1 aliphatic carbocycles. The number of aryl methyl sites for hydroxylation is 1. The summed E-state index contributed by atoms with van der Waals surface area (Å²) in [5, 5.41) is 5.75. The average Bonchev–Trinajstić information content (AvgIpc) is 3.25. The first-order valence-corrected chi connectivity index (χ1v) is 7.65. The van der Waals surface area contributed by atoms with E-state index in [-0.39, 0.29) is 23.7 Å². The molecule has 2 amide bonds. The van der Waals surface area contributed by atoms with Crippen molar-refractivity contribution in [1.29, 1.82) is 0 Å². The molecule has 1 saturated carbocycles. The Morgan fingerprint density at radius 1 is 1.27 bits per heavy atom. The van der Waals surface area contributed by atoms with Gasteiger partial charge in [0.25, 0.3) is 0 Å². The number of amides is 2. The first-order chi connectivity index (χ1) is 10.4. The smallest absolute Gasteiger partial charge is 0.228 e. The zero-order chi connectivity index (χ0) is 16.3. The van der Waals surface area contributed by atoms with Crippen LogP contribution in [0.3, 0.4) is 0 Å². The van der Waals surface area contributed by atoms with Crippen molar-refractivity contribution in [2.75, 3.05) is 19.0 Å². The number of anilines is 1. The van der Waals surface area contributed by atoms with E-state index in [4.69, 9.17) is 4.74 Å². The molecule has 0 heterocycles. The van der Waals surface area contributed by atoms with E-state index >= 15 is 0 Å². The van der Waals surface area contributed by atoms with E-state index in [0.717, 1.165) is 5.56 Å². The lowest BCUT2D eigenvalue weighted by Gasteiger charge is -2.11. The van der Waals surface area contributed by atoms with Gasteiger partial charge in [-0.1, -0.05) is 19.9 Å². The normalized spacial score (nSPS) is 19.7. The minimum Gasteiger partial charge on any atom is -0.495 e. The Hall–Kier alpha value is -2.04. The van der Waals surface area contributed by atoms with E-state index in [1.54, 1.807) is 7.11 Å². The van der Waals surface area contributed by atoms with Crippen molar-refractivity contribution in [2.24, 2.45) is 17.8 Å². The van der Waals surface area contributed by atoms with Gasteiger partial charge >= 0.3 is 0 Å². The molecule has 5 nitrogen and oxygen atoms in total. The molecule has 0 bridgehead atoms. The molecule has 2 rings (SSSR count). The fraction of sp³-hybridized carbons (Fsp3) is 0.529. The molecule has 120 valence electrons. The van der Waals surface area contributed by atoms with Gasteiger partial charge in [0, 0.05) is 6.54 Å². The second-order valence-electron chi connectivity index (χ2n) is 6.28. The second kappa shape index (κ2) is 6.81. The molecule has 1 fully saturated rings. The molecule has 1 aromatic carbocycles. The van der Waals surface area contributed by atoms with Crippen LogP contribution in [0.2, 0.25) is 0 Å². The SMILES string of the molecule is COc1ccc(C)cc1NC(=O)C1CC1C(=O)NCC(C)C. The molecule has 5 heteroatoms. The Balaban J connectivity index is 1.92. The van der Waals surface area contributed by atoms with Crippen molar-refractivity contribution in [3.8, 4) is 5.75 Å². The maximum absolute atomic E-state index is 12.3. The zero-order valence-corrected chi connectivity index (χ0v) is 13.6. The Kier molecular flexibility index (Phi) is 5.06. The van der Waals surface area contributed by atoms with Crippen LogP contribution in [-0.2, 0) is 9.59 Å². The van der Waals surface area contributed by atoms with E-state index in [2.05, 4.69) is 10.6 Å². The quantitative estimate of drug-likeness (QED) is 0.847. The summed E-state index contributed by atoms with van der Waals surface area (Å²) in [7, 11) is 1.57. The van der Waals surface area contributed by atoms with Gasteiger partial charge in [-0.25, -0.2) is 0 Å². The van der Waals surface area contributed by atoms with Gasteiger partial charge in [-0.05, 0) is 37.0 Å². The topological polar surface area (TPSA) is 67.4 Å². The number of rotatable bonds is 6. The van der Waals surface area contributed by atoms with Gasteiger partial charge in [0.1, 0.15) is 5.75 Å². The molecule has 2 atom stereocenters. The summed E-state index contributed by atoms with van der Waals surface area (Å²) in [5.41, 5.74) is 1.69. The van der Waals surface area contributed by atoms with Crippen molar-refractivity contribution < 1.29 is 14.3 Å². The molecular weight excluding hydrogens is 280 g/mol. The first-order valence-electron chi connectivity index (χ1n) is 7.65. The van der Waals surface area contributed by atoms with Gasteiger partial charge in [0.15, 0.2) is 0 Å². The molecule has 22 heavy (non-hydrogen) atoms. The molecule has 1 aromatic rings. The fourth-order valence-electron chi connectivity index (χ4n) is 2.36. The molecule has 0 aromatic heterocycles. The lowest BCUT2D eigenvalue weighted by atomic mass is 10.2. The Morgan fingerprint density at radius 2 is 1.95 bits per heavy atom. The number of carbonyl (C=O) groups is 2. The van der Waals surface area contributed by atoms with Gasteiger partial charge in [-0.3, -0.25) is 9.59 Å². The van der Waals surface area contributed by atoms with Crippen molar-refractivity contribution in [3.63, 3.8) is 0 Å². The summed E-state index contributed by atoms with van der Waals surface area (Å²) >= 11 is 0. The average molecular weight is 304 g/mol. The van der Waals surface area contributed by atoms with Gasteiger partial charge in [0.2, 0.25) is 11.8 Å². The van der Waals surface area contributed by atoms with Crippen molar-refractivity contribution in [1.82, 2.24) is 5.32 Å². The highest BCUT2D eigenvalue weighted by Crippen LogP contribution is 2.40. The van der Waals surface area contributed by atoms with Gasteiger partial charge < -0.3 is 15.4 Å². The number of ether oxygens (including phenoxy) is 1. The second-order valence-corrected chi connectivity index (χ2v) is 6.28. The van der Waals surface area contributed by atoms with Crippen molar-refractivity contribution in [3.05, 3.63) is 23.8 Å². The van der Waals surface area contributed by atoms with Gasteiger partial charge in [-0.15, -0.1) is 0 Å². The lowest BCUT2D eigenvalue weighted by Crippen LogP contribution is -2.30. The third-order valence-corrected chi connectivity index (χ3v) is 3.76. The van der Waals surface area contributed by atoms with Crippen LogP contribution in [0.1, 0.15) is 25.8 Å². The van der Waals surface area contributed by atoms with Crippen molar-refractivity contribution in [2.45, 2.75) is 27.2 Å². The predicted octanol–water partition coefficient (Wildman–Crippen LogP) is 2.35. The molecular formula is C17H24N2O3. The molecule has 2 unspecified atom stereocenters. The number of hydrogen-bond donors (Lipinski definition) is 2. The zero-order valence-electron chi connectivity index (χ0n) is 13.6. The molecule has 0 saturated heterocycles. The van der Waals surface area contributed by atoms with Crippen LogP contribution < -0.4 is 15.4 Å². The van der Waals surface area contributed by atoms with Crippen LogP contribution in [0.5, 0.6) is 5.75 Å². The van der Waals surface area contributed by atoms with E-state index in [9.17, 15) is 9.59 Å². The van der Waals surface area contributed by atoms with Crippen LogP contribution in [0.4, 0.5) is 5.69 Å². The molecule has 0 spiro atoms. The van der Waals surface area contributed by atoms with Crippen LogP contribution in [-0.4, -0.2) is 25.5 Å². The molecule has 1 aliphatic rings. The highest BCUT2D eigenvalue weighted by molar-refractivity contribution is 6.00. The maximum atomic E-state index is 12.3. The van der Waals surface area contributed by atoms with E-state index in [0.29, 0.717) is 30.3 Å². The van der Waals surface area contributed by atoms with E-state index in [1.165, 1.54) is 0 Å². The standard InChI is InChI=1S/C17H24N2O3/c1-10(2)9-18-16(20)12-8-13(12)17(21)19-14-7-11(3)5-6-15(14)22-4/h5-7,10,12-13H,8-9H2,1-4H3,(H,18,20)(H,19,21). The van der Waals surface area contributed by atoms with E-state index in [1.807, 2.05) is 39.0 Å². The minimum absolute atomic E-state index is 0.0231. The number of nitrogens with one attached hydrogen (secondary N) is 2. The molecule has 2 N–H and O–H groups in total. The first kappa shape index (κ1) is 16.3. The monoisotopic (exact) mass is 304 g/mol. The number of benzene rings is 1. The Bertz CT molecular complexity index is 569. The van der Waals surface area contributed by atoms with Crippen LogP contribution in [0.15, 0.2) is 18.2 Å². The van der Waals surface area contributed by atoms with Gasteiger partial charge in [-0.2, -0.15) is 0 Å². The maximum Gasteiger partial charge on any atom is 0.228 e. The number of carbonyl (C=O) groups excluding carboxylic acids is 2. The Labute approximate surface area is 131 Å². The fourth-order valence-corrected chi connectivity index (χ4v) is 2.36. The highest BCUT2D eigenvalue weighted by atomic mass is 16.5. The minimum atomic E-state index is -0.239. The summed E-state index contributed by atoms with van der Waals surface area (Å²) in [6.07, 6.45) is 0.615.